The van der Waals surface area contributed by atoms with Crippen LogP contribution in [0.3, 0.4) is 0 Å². The van der Waals surface area contributed by atoms with Crippen LogP contribution in [0.4, 0.5) is 11.4 Å². The molecule has 6 rings (SSSR count). The predicted octanol–water partition coefficient (Wildman–Crippen LogP) is 4.50. The Morgan fingerprint density at radius 1 is 0.917 bits per heavy atom. The summed E-state index contributed by atoms with van der Waals surface area (Å²) in [5.74, 6) is 0. The maximum atomic E-state index is 5.49. The van der Waals surface area contributed by atoms with Gasteiger partial charge in [-0.15, -0.1) is 0 Å². The highest BCUT2D eigenvalue weighted by atomic mass is 16.5. The van der Waals surface area contributed by atoms with Crippen LogP contribution in [0.1, 0.15) is 0 Å². The molecule has 1 saturated heterocycles. The van der Waals surface area contributed by atoms with Gasteiger partial charge in [-0.1, -0.05) is 30.3 Å². The van der Waals surface area contributed by atoms with Crippen LogP contribution < -0.4 is 10.7 Å². The molecule has 7 nitrogen and oxygen atoms in total. The first-order valence-corrected chi connectivity index (χ1v) is 12.3. The van der Waals surface area contributed by atoms with Crippen molar-refractivity contribution in [2.24, 2.45) is 4.99 Å². The third-order valence-electron chi connectivity index (χ3n) is 6.45. The van der Waals surface area contributed by atoms with E-state index in [1.54, 1.807) is 6.20 Å². The van der Waals surface area contributed by atoms with Crippen molar-refractivity contribution in [3.63, 3.8) is 0 Å². The number of aromatic nitrogens is 3. The van der Waals surface area contributed by atoms with E-state index in [0.717, 1.165) is 77.7 Å². The fourth-order valence-corrected chi connectivity index (χ4v) is 4.66. The average Bonchev–Trinajstić information content (AvgIpc) is 2.94. The maximum absolute atomic E-state index is 5.49. The SMILES string of the molecule is c1ccc(-n2c3cc(=NCCN4CCOCC4)c(Nc4cccnc4)cc-3nc3ccccc32)cc1. The number of pyridine rings is 1. The molecule has 0 unspecified atom stereocenters. The molecule has 0 spiro atoms. The van der Waals surface area contributed by atoms with E-state index >= 15 is 0 Å². The normalized spacial score (nSPS) is 14.9. The first kappa shape index (κ1) is 22.4. The zero-order valence-corrected chi connectivity index (χ0v) is 20.0. The molecule has 3 aliphatic rings. The lowest BCUT2D eigenvalue weighted by atomic mass is 10.1. The molecule has 1 aromatic heterocycles. The number of anilines is 2. The zero-order valence-electron chi connectivity index (χ0n) is 20.0. The Hall–Kier alpha value is -4.07. The molecule has 3 aromatic rings. The van der Waals surface area contributed by atoms with E-state index in [1.807, 2.05) is 30.5 Å². The number of ether oxygens (including phenoxy) is 1. The maximum Gasteiger partial charge on any atom is 0.0900 e. The number of nitrogens with zero attached hydrogens (tertiary/aromatic N) is 5. The molecule has 0 saturated carbocycles. The second-order valence-electron chi connectivity index (χ2n) is 8.83. The van der Waals surface area contributed by atoms with Crippen LogP contribution in [0.2, 0.25) is 0 Å². The number of benzene rings is 3. The minimum Gasteiger partial charge on any atom is -0.379 e. The van der Waals surface area contributed by atoms with Gasteiger partial charge in [0.1, 0.15) is 0 Å². The fraction of sp³-hybridized carbons (Fsp3) is 0.207. The number of rotatable bonds is 6. The van der Waals surface area contributed by atoms with E-state index in [1.165, 1.54) is 0 Å². The van der Waals surface area contributed by atoms with Crippen LogP contribution in [0.5, 0.6) is 0 Å². The van der Waals surface area contributed by atoms with Gasteiger partial charge in [0, 0.05) is 31.5 Å². The van der Waals surface area contributed by atoms with Gasteiger partial charge in [0.15, 0.2) is 0 Å². The second-order valence-corrected chi connectivity index (χ2v) is 8.83. The Morgan fingerprint density at radius 3 is 2.58 bits per heavy atom. The van der Waals surface area contributed by atoms with Crippen molar-refractivity contribution < 1.29 is 4.74 Å². The molecule has 7 heteroatoms. The van der Waals surface area contributed by atoms with Crippen LogP contribution >= 0.6 is 0 Å². The Bertz CT molecular complexity index is 1490. The fourth-order valence-electron chi connectivity index (χ4n) is 4.66. The van der Waals surface area contributed by atoms with Crippen molar-refractivity contribution in [3.05, 3.63) is 96.6 Å². The number of hydrogen-bond acceptors (Lipinski definition) is 6. The molecule has 2 aromatic carbocycles. The van der Waals surface area contributed by atoms with Gasteiger partial charge >= 0.3 is 0 Å². The lowest BCUT2D eigenvalue weighted by Crippen LogP contribution is -2.38. The highest BCUT2D eigenvalue weighted by Crippen LogP contribution is 2.30. The van der Waals surface area contributed by atoms with Gasteiger partial charge in [-0.2, -0.15) is 0 Å². The predicted molar refractivity (Wildman–Crippen MR) is 143 cm³/mol. The number of fused-ring (bicyclic) bond motifs is 2. The van der Waals surface area contributed by atoms with Crippen LogP contribution in [0.15, 0.2) is 96.2 Å². The highest BCUT2D eigenvalue weighted by molar-refractivity contribution is 5.84. The van der Waals surface area contributed by atoms with E-state index in [4.69, 9.17) is 14.7 Å². The van der Waals surface area contributed by atoms with Crippen molar-refractivity contribution in [2.45, 2.75) is 0 Å². The second kappa shape index (κ2) is 10.3. The van der Waals surface area contributed by atoms with Gasteiger partial charge in [-0.05, 0) is 48.5 Å². The highest BCUT2D eigenvalue weighted by Gasteiger charge is 2.17. The molecule has 36 heavy (non-hydrogen) atoms. The molecule has 0 radical (unpaired) electrons. The summed E-state index contributed by atoms with van der Waals surface area (Å²) in [5, 5.41) is 4.43. The summed E-state index contributed by atoms with van der Waals surface area (Å²) in [6.45, 7) is 5.11. The molecule has 0 bridgehead atoms. The molecule has 1 fully saturated rings. The van der Waals surface area contributed by atoms with Gasteiger partial charge in [-0.25, -0.2) is 4.98 Å². The summed E-state index contributed by atoms with van der Waals surface area (Å²) in [6.07, 6.45) is 3.59. The molecule has 180 valence electrons. The van der Waals surface area contributed by atoms with Crippen LogP contribution in [-0.2, 0) is 4.74 Å². The number of hydrogen-bond donors (Lipinski definition) is 1. The van der Waals surface area contributed by atoms with Crippen LogP contribution in [0.25, 0.3) is 28.1 Å². The smallest absolute Gasteiger partial charge is 0.0900 e. The number of morpholine rings is 1. The molecule has 1 N–H and O–H groups in total. The van der Waals surface area contributed by atoms with E-state index in [2.05, 4.69) is 74.4 Å². The molecular formula is C29H28N6O. The Balaban J connectivity index is 1.51. The third-order valence-corrected chi connectivity index (χ3v) is 6.45. The van der Waals surface area contributed by atoms with Crippen molar-refractivity contribution >= 4 is 22.4 Å². The number of para-hydroxylation sites is 3. The van der Waals surface area contributed by atoms with Crippen LogP contribution in [-0.4, -0.2) is 58.8 Å². The van der Waals surface area contributed by atoms with Gasteiger partial charge in [0.05, 0.1) is 65.1 Å². The zero-order chi connectivity index (χ0) is 24.2. The summed E-state index contributed by atoms with van der Waals surface area (Å²) in [6, 6.07) is 26.9. The first-order chi connectivity index (χ1) is 17.8. The van der Waals surface area contributed by atoms with Crippen molar-refractivity contribution in [1.29, 1.82) is 0 Å². The monoisotopic (exact) mass is 476 g/mol. The first-order valence-electron chi connectivity index (χ1n) is 12.3. The van der Waals surface area contributed by atoms with E-state index in [9.17, 15) is 0 Å². The summed E-state index contributed by atoms with van der Waals surface area (Å²) in [5.41, 5.74) is 6.84. The lowest BCUT2D eigenvalue weighted by molar-refractivity contribution is 0.0394. The van der Waals surface area contributed by atoms with E-state index in [0.29, 0.717) is 6.54 Å². The molecule has 1 aliphatic carbocycles. The van der Waals surface area contributed by atoms with Gasteiger partial charge < -0.3 is 14.6 Å². The van der Waals surface area contributed by atoms with Crippen molar-refractivity contribution in [3.8, 4) is 17.1 Å². The molecular weight excluding hydrogens is 448 g/mol. The molecule has 2 aliphatic heterocycles. The topological polar surface area (TPSA) is 67.6 Å². The summed E-state index contributed by atoms with van der Waals surface area (Å²) >= 11 is 0. The van der Waals surface area contributed by atoms with E-state index < -0.39 is 0 Å². The summed E-state index contributed by atoms with van der Waals surface area (Å²) < 4.78 is 7.76. The quantitative estimate of drug-likeness (QED) is 0.366. The standard InChI is InChI=1S/C29H28N6O/c1-2-8-23(9-3-1)35-28-11-5-4-10-24(28)33-27-19-26(32-22-7-6-12-30-21-22)25(20-29(27)35)31-13-14-34-15-17-36-18-16-34/h1-12,19-21,32H,13-18H2. The third kappa shape index (κ3) is 4.71. The average molecular weight is 477 g/mol. The Morgan fingerprint density at radius 2 is 1.75 bits per heavy atom. The van der Waals surface area contributed by atoms with Crippen LogP contribution in [0, 0.1) is 0 Å². The molecule has 0 amide bonds. The Labute approximate surface area is 210 Å². The summed E-state index contributed by atoms with van der Waals surface area (Å²) in [4.78, 5) is 16.7. The minimum absolute atomic E-state index is 0.708. The molecule has 3 heterocycles. The lowest BCUT2D eigenvalue weighted by Gasteiger charge is -2.25. The molecule has 0 atom stereocenters. The number of nitrogens with one attached hydrogen (secondary N) is 1. The van der Waals surface area contributed by atoms with Gasteiger partial charge in [0.2, 0.25) is 0 Å². The largest absolute Gasteiger partial charge is 0.379 e. The van der Waals surface area contributed by atoms with Crippen molar-refractivity contribution in [2.75, 3.05) is 44.7 Å². The van der Waals surface area contributed by atoms with E-state index in [-0.39, 0.29) is 0 Å². The van der Waals surface area contributed by atoms with Gasteiger partial charge in [0.25, 0.3) is 0 Å². The van der Waals surface area contributed by atoms with Gasteiger partial charge in [-0.3, -0.25) is 14.9 Å². The van der Waals surface area contributed by atoms with Crippen molar-refractivity contribution in [1.82, 2.24) is 19.4 Å². The summed E-state index contributed by atoms with van der Waals surface area (Å²) in [7, 11) is 0. The Kier molecular flexibility index (Phi) is 6.39. The minimum atomic E-state index is 0.708.